The summed E-state index contributed by atoms with van der Waals surface area (Å²) < 4.78 is 68.1. The SMILES string of the molecule is COc1ccc(C(OC[C@H]2O[C@@H](n3c(=O)[nH]cc(C#N)c3=O)C[C@@H]2O[P@]2O[C@H](CS(=O)(=O)c3ccccc3)[C@@H]3CCCN32)(c2ccccc2)c2ccc(OC)cc2)cc1. The molecule has 14 nitrogen and oxygen atoms in total. The molecule has 8 rings (SSSR count). The number of H-pyrrole nitrogens is 1. The van der Waals surface area contributed by atoms with Gasteiger partial charge in [-0.05, 0) is 65.9 Å². The van der Waals surface area contributed by atoms with Crippen molar-refractivity contribution in [2.45, 2.75) is 60.3 Å². The van der Waals surface area contributed by atoms with E-state index < -0.39 is 59.8 Å². The first-order valence-corrected chi connectivity index (χ1v) is 22.0. The van der Waals surface area contributed by atoms with Crippen LogP contribution < -0.4 is 20.7 Å². The first-order chi connectivity index (χ1) is 28.6. The molecule has 0 unspecified atom stereocenters. The number of nitrogens with one attached hydrogen (secondary N) is 1. The number of fused-ring (bicyclic) bond motifs is 1. The average Bonchev–Trinajstić information content (AvgIpc) is 3.99. The molecule has 16 heteroatoms. The maximum absolute atomic E-state index is 13.5. The van der Waals surface area contributed by atoms with Gasteiger partial charge in [-0.15, -0.1) is 0 Å². The minimum atomic E-state index is -3.68. The van der Waals surface area contributed by atoms with Crippen molar-refractivity contribution in [1.29, 1.82) is 5.26 Å². The molecule has 5 aromatic rings. The molecule has 1 N–H and O–H groups in total. The van der Waals surface area contributed by atoms with Gasteiger partial charge in [-0.25, -0.2) is 22.4 Å². The van der Waals surface area contributed by atoms with Gasteiger partial charge >= 0.3 is 5.69 Å². The van der Waals surface area contributed by atoms with Gasteiger partial charge in [0, 0.05) is 25.2 Å². The van der Waals surface area contributed by atoms with Gasteiger partial charge in [-0.2, -0.15) is 5.26 Å². The zero-order chi connectivity index (χ0) is 41.1. The van der Waals surface area contributed by atoms with Crippen LogP contribution in [0.15, 0.2) is 130 Å². The molecule has 59 heavy (non-hydrogen) atoms. The first-order valence-electron chi connectivity index (χ1n) is 19.2. The summed E-state index contributed by atoms with van der Waals surface area (Å²) in [6.45, 7) is 0.545. The van der Waals surface area contributed by atoms with Crippen molar-refractivity contribution >= 4 is 18.4 Å². The molecule has 0 saturated carbocycles. The Hall–Kier alpha value is -5.17. The van der Waals surface area contributed by atoms with Gasteiger partial charge in [0.2, 0.25) is 0 Å². The monoisotopic (exact) mass is 838 g/mol. The Morgan fingerprint density at radius 1 is 0.864 bits per heavy atom. The fraction of sp³-hybridized carbons (Fsp3) is 0.326. The second-order valence-electron chi connectivity index (χ2n) is 14.5. The fourth-order valence-corrected chi connectivity index (χ4v) is 11.7. The van der Waals surface area contributed by atoms with Crippen LogP contribution in [0.2, 0.25) is 0 Å². The molecule has 3 saturated heterocycles. The van der Waals surface area contributed by atoms with E-state index >= 15 is 0 Å². The summed E-state index contributed by atoms with van der Waals surface area (Å²) >= 11 is 0. The van der Waals surface area contributed by atoms with Crippen LogP contribution >= 0.6 is 8.53 Å². The van der Waals surface area contributed by atoms with Gasteiger partial charge in [0.25, 0.3) is 14.1 Å². The van der Waals surface area contributed by atoms with E-state index in [-0.39, 0.29) is 35.3 Å². The maximum atomic E-state index is 13.5. The Morgan fingerprint density at radius 2 is 1.47 bits per heavy atom. The van der Waals surface area contributed by atoms with E-state index in [1.54, 1.807) is 44.6 Å². The second kappa shape index (κ2) is 17.2. The Kier molecular flexibility index (Phi) is 11.8. The van der Waals surface area contributed by atoms with Gasteiger partial charge in [0.15, 0.2) is 9.84 Å². The lowest BCUT2D eigenvalue weighted by molar-refractivity contribution is -0.0925. The quantitative estimate of drug-likeness (QED) is 0.108. The molecule has 0 amide bonds. The Bertz CT molecular complexity index is 2470. The number of methoxy groups -OCH3 is 2. The highest BCUT2D eigenvalue weighted by atomic mass is 32.2. The molecule has 6 atom stereocenters. The van der Waals surface area contributed by atoms with E-state index in [9.17, 15) is 23.3 Å². The largest absolute Gasteiger partial charge is 0.497 e. The summed E-state index contributed by atoms with van der Waals surface area (Å²) in [6, 6.07) is 34.8. The smallest absolute Gasteiger partial charge is 0.330 e. The number of sulfone groups is 1. The molecule has 306 valence electrons. The summed E-state index contributed by atoms with van der Waals surface area (Å²) in [6.07, 6.45) is -0.766. The predicted molar refractivity (Wildman–Crippen MR) is 218 cm³/mol. The van der Waals surface area contributed by atoms with Crippen molar-refractivity contribution in [3.8, 4) is 17.6 Å². The molecular formula is C43H43N4O10PS. The van der Waals surface area contributed by atoms with E-state index in [2.05, 4.69) is 9.65 Å². The van der Waals surface area contributed by atoms with Gasteiger partial charge < -0.3 is 33.0 Å². The van der Waals surface area contributed by atoms with Crippen molar-refractivity contribution in [1.82, 2.24) is 14.2 Å². The van der Waals surface area contributed by atoms with E-state index in [1.807, 2.05) is 84.9 Å². The Balaban J connectivity index is 1.16. The fourth-order valence-electron chi connectivity index (χ4n) is 8.12. The number of nitriles is 1. The first kappa shape index (κ1) is 40.6. The third-order valence-corrected chi connectivity index (χ3v) is 14.7. The Morgan fingerprint density at radius 3 is 2.08 bits per heavy atom. The zero-order valence-electron chi connectivity index (χ0n) is 32.4. The van der Waals surface area contributed by atoms with Crippen molar-refractivity contribution < 1.29 is 36.4 Å². The molecule has 1 aromatic heterocycles. The van der Waals surface area contributed by atoms with E-state index in [0.717, 1.165) is 40.3 Å². The van der Waals surface area contributed by atoms with Crippen molar-refractivity contribution in [3.63, 3.8) is 0 Å². The topological polar surface area (TPSA) is 171 Å². The summed E-state index contributed by atoms with van der Waals surface area (Å²) in [5.74, 6) is 1.10. The van der Waals surface area contributed by atoms with E-state index in [0.29, 0.717) is 18.0 Å². The molecular weight excluding hydrogens is 796 g/mol. The molecule has 4 heterocycles. The van der Waals surface area contributed by atoms with E-state index in [1.165, 1.54) is 0 Å². The minimum Gasteiger partial charge on any atom is -0.497 e. The van der Waals surface area contributed by atoms with E-state index in [4.69, 9.17) is 28.0 Å². The van der Waals surface area contributed by atoms with Gasteiger partial charge in [-0.3, -0.25) is 4.79 Å². The summed E-state index contributed by atoms with van der Waals surface area (Å²) in [5, 5.41) is 9.65. The van der Waals surface area contributed by atoms with Crippen molar-refractivity contribution in [3.05, 3.63) is 158 Å². The summed E-state index contributed by atoms with van der Waals surface area (Å²) in [4.78, 5) is 29.4. The number of benzene rings is 4. The molecule has 4 aromatic carbocycles. The third-order valence-electron chi connectivity index (χ3n) is 11.1. The third kappa shape index (κ3) is 7.97. The highest BCUT2D eigenvalue weighted by molar-refractivity contribution is 7.91. The lowest BCUT2D eigenvalue weighted by atomic mass is 9.80. The maximum Gasteiger partial charge on any atom is 0.330 e. The minimum absolute atomic E-state index is 0.0307. The molecule has 3 aliphatic heterocycles. The standard InChI is InChI=1S/C43H43N4O10PS/c1-52-33-19-15-31(16-20-33)43(30-10-5-3-6-11-30,32-17-21-34(53-2)22-18-32)54-27-38-37(24-40(55-38)47-41(48)29(25-44)26-45-42(47)49)56-58-46-23-9-14-36(46)39(57-58)28-59(50,51)35-12-7-4-8-13-35/h3-8,10-13,15-22,26,36-40H,9,14,23-24,27-28H2,1-2H3,(H,45,49)/t36-,37-,38+,39+,40+,58+/m0/s1. The van der Waals surface area contributed by atoms with Gasteiger partial charge in [0.1, 0.15) is 41.1 Å². The lowest BCUT2D eigenvalue weighted by Crippen LogP contribution is -2.40. The number of aromatic amines is 1. The summed E-state index contributed by atoms with van der Waals surface area (Å²) in [7, 11) is -2.28. The predicted octanol–water partition coefficient (Wildman–Crippen LogP) is 5.67. The number of hydrogen-bond donors (Lipinski definition) is 1. The van der Waals surface area contributed by atoms with Gasteiger partial charge in [-0.1, -0.05) is 72.8 Å². The molecule has 0 bridgehead atoms. The number of ether oxygens (including phenoxy) is 4. The molecule has 0 aliphatic carbocycles. The van der Waals surface area contributed by atoms with Crippen LogP contribution in [0.25, 0.3) is 0 Å². The summed E-state index contributed by atoms with van der Waals surface area (Å²) in [5.41, 5.74) is -0.661. The molecule has 3 fully saturated rings. The number of nitrogens with zero attached hydrogens (tertiary/aromatic N) is 3. The van der Waals surface area contributed by atoms with Crippen LogP contribution in [-0.4, -0.2) is 80.1 Å². The number of hydrogen-bond acceptors (Lipinski definition) is 12. The Labute approximate surface area is 342 Å². The van der Waals surface area contributed by atoms with Crippen LogP contribution in [0.5, 0.6) is 11.5 Å². The number of rotatable bonds is 14. The van der Waals surface area contributed by atoms with Crippen LogP contribution in [0.1, 0.15) is 47.7 Å². The molecule has 0 spiro atoms. The normalized spacial score (nSPS) is 23.1. The van der Waals surface area contributed by atoms with Crippen LogP contribution in [0.4, 0.5) is 0 Å². The average molecular weight is 839 g/mol. The number of aromatic nitrogens is 2. The lowest BCUT2D eigenvalue weighted by Gasteiger charge is -2.37. The van der Waals surface area contributed by atoms with Crippen LogP contribution in [0, 0.1) is 11.3 Å². The van der Waals surface area contributed by atoms with Crippen LogP contribution in [0.3, 0.4) is 0 Å². The highest BCUT2D eigenvalue weighted by Crippen LogP contribution is 2.58. The highest BCUT2D eigenvalue weighted by Gasteiger charge is 2.51. The van der Waals surface area contributed by atoms with Crippen molar-refractivity contribution in [2.75, 3.05) is 33.1 Å². The van der Waals surface area contributed by atoms with Crippen LogP contribution in [-0.2, 0) is 34.0 Å². The van der Waals surface area contributed by atoms with Crippen molar-refractivity contribution in [2.24, 2.45) is 0 Å². The molecule has 3 aliphatic rings. The van der Waals surface area contributed by atoms with Gasteiger partial charge in [0.05, 0.1) is 43.7 Å². The zero-order valence-corrected chi connectivity index (χ0v) is 34.1. The second-order valence-corrected chi connectivity index (χ2v) is 17.9. The molecule has 0 radical (unpaired) electrons.